The summed E-state index contributed by atoms with van der Waals surface area (Å²) in [6, 6.07) is 11.5. The highest BCUT2D eigenvalue weighted by Crippen LogP contribution is 2.22. The third-order valence-electron chi connectivity index (χ3n) is 2.17. The van der Waals surface area contributed by atoms with Crippen LogP contribution in [0.2, 0.25) is 0 Å². The van der Waals surface area contributed by atoms with E-state index in [1.54, 1.807) is 6.20 Å². The molecule has 2 rings (SSSR count). The molecule has 0 saturated carbocycles. The van der Waals surface area contributed by atoms with E-state index in [9.17, 15) is 0 Å². The zero-order valence-corrected chi connectivity index (χ0v) is 9.74. The van der Waals surface area contributed by atoms with Gasteiger partial charge in [0.25, 0.3) is 0 Å². The fourth-order valence-electron chi connectivity index (χ4n) is 1.34. The molecule has 0 spiro atoms. The van der Waals surface area contributed by atoms with Gasteiger partial charge in [-0.25, -0.2) is 0 Å². The van der Waals surface area contributed by atoms with Crippen molar-refractivity contribution in [3.63, 3.8) is 0 Å². The number of nitrogens with zero attached hydrogens (tertiary/aromatic N) is 1. The summed E-state index contributed by atoms with van der Waals surface area (Å²) in [5, 5.41) is 0. The average Bonchev–Trinajstić information content (AvgIpc) is 2.32. The molecule has 1 aromatic heterocycles. The zero-order chi connectivity index (χ0) is 11.4. The van der Waals surface area contributed by atoms with Crippen molar-refractivity contribution in [2.45, 2.75) is 12.8 Å². The fourth-order valence-corrected chi connectivity index (χ4v) is 1.51. The lowest BCUT2D eigenvalue weighted by molar-refractivity contribution is 0.479. The van der Waals surface area contributed by atoms with E-state index in [-0.39, 0.29) is 0 Å². The molecule has 0 aliphatic heterocycles. The van der Waals surface area contributed by atoms with Gasteiger partial charge in [0.15, 0.2) is 0 Å². The van der Waals surface area contributed by atoms with E-state index in [1.165, 1.54) is 0 Å². The SMILES string of the molecule is Cc1ccc(Oc2cccc(CCl)c2)cn1. The van der Waals surface area contributed by atoms with Crippen molar-refractivity contribution in [3.8, 4) is 11.5 Å². The van der Waals surface area contributed by atoms with Crippen LogP contribution in [0.1, 0.15) is 11.3 Å². The van der Waals surface area contributed by atoms with Crippen molar-refractivity contribution in [2.24, 2.45) is 0 Å². The topological polar surface area (TPSA) is 22.1 Å². The van der Waals surface area contributed by atoms with Gasteiger partial charge in [-0.3, -0.25) is 4.98 Å². The van der Waals surface area contributed by atoms with Gasteiger partial charge in [-0.1, -0.05) is 12.1 Å². The summed E-state index contributed by atoms with van der Waals surface area (Å²) < 4.78 is 5.65. The van der Waals surface area contributed by atoms with E-state index in [1.807, 2.05) is 43.3 Å². The van der Waals surface area contributed by atoms with Crippen LogP contribution in [0, 0.1) is 6.92 Å². The van der Waals surface area contributed by atoms with Gasteiger partial charge in [-0.05, 0) is 36.8 Å². The first-order valence-electron chi connectivity index (χ1n) is 5.03. The Morgan fingerprint density at radius 3 is 2.75 bits per heavy atom. The van der Waals surface area contributed by atoms with E-state index in [0.29, 0.717) is 5.88 Å². The summed E-state index contributed by atoms with van der Waals surface area (Å²) in [6.07, 6.45) is 1.71. The summed E-state index contributed by atoms with van der Waals surface area (Å²) in [5.41, 5.74) is 2.01. The molecule has 2 aromatic rings. The Kier molecular flexibility index (Phi) is 3.42. The third-order valence-corrected chi connectivity index (χ3v) is 2.48. The Bertz CT molecular complexity index is 468. The van der Waals surface area contributed by atoms with Crippen molar-refractivity contribution in [2.75, 3.05) is 0 Å². The van der Waals surface area contributed by atoms with E-state index in [4.69, 9.17) is 16.3 Å². The molecule has 0 saturated heterocycles. The number of halogens is 1. The van der Waals surface area contributed by atoms with Gasteiger partial charge in [0.2, 0.25) is 0 Å². The van der Waals surface area contributed by atoms with Crippen molar-refractivity contribution in [1.29, 1.82) is 0 Å². The predicted molar refractivity (Wildman–Crippen MR) is 65.0 cm³/mol. The second kappa shape index (κ2) is 4.99. The molecule has 0 aliphatic carbocycles. The second-order valence-electron chi connectivity index (χ2n) is 3.52. The zero-order valence-electron chi connectivity index (χ0n) is 8.98. The van der Waals surface area contributed by atoms with Gasteiger partial charge in [-0.2, -0.15) is 0 Å². The number of pyridine rings is 1. The summed E-state index contributed by atoms with van der Waals surface area (Å²) in [7, 11) is 0. The molecule has 0 aliphatic rings. The molecule has 0 unspecified atom stereocenters. The number of rotatable bonds is 3. The summed E-state index contributed by atoms with van der Waals surface area (Å²) in [4.78, 5) is 4.17. The van der Waals surface area contributed by atoms with Crippen molar-refractivity contribution < 1.29 is 4.74 Å². The molecule has 82 valence electrons. The molecule has 1 aromatic carbocycles. The van der Waals surface area contributed by atoms with Crippen LogP contribution in [0.15, 0.2) is 42.6 Å². The number of alkyl halides is 1. The summed E-state index contributed by atoms with van der Waals surface area (Å²) in [5.74, 6) is 2.00. The van der Waals surface area contributed by atoms with Crippen LogP contribution in [0.3, 0.4) is 0 Å². The Morgan fingerprint density at radius 2 is 2.06 bits per heavy atom. The van der Waals surface area contributed by atoms with Crippen LogP contribution >= 0.6 is 11.6 Å². The summed E-state index contributed by atoms with van der Waals surface area (Å²) in [6.45, 7) is 1.94. The number of aryl methyl sites for hydroxylation is 1. The van der Waals surface area contributed by atoms with Crippen LogP contribution in [0.25, 0.3) is 0 Å². The molecule has 2 nitrogen and oxygen atoms in total. The Hall–Kier alpha value is -1.54. The van der Waals surface area contributed by atoms with Crippen molar-refractivity contribution in [1.82, 2.24) is 4.98 Å². The van der Waals surface area contributed by atoms with Gasteiger partial charge in [0.05, 0.1) is 6.20 Å². The maximum Gasteiger partial charge on any atom is 0.145 e. The highest BCUT2D eigenvalue weighted by Gasteiger charge is 1.98. The van der Waals surface area contributed by atoms with E-state index >= 15 is 0 Å². The van der Waals surface area contributed by atoms with Gasteiger partial charge >= 0.3 is 0 Å². The number of hydrogen-bond donors (Lipinski definition) is 0. The number of hydrogen-bond acceptors (Lipinski definition) is 2. The number of ether oxygens (including phenoxy) is 1. The number of aromatic nitrogens is 1. The second-order valence-corrected chi connectivity index (χ2v) is 3.79. The third kappa shape index (κ3) is 2.74. The first kappa shape index (κ1) is 11.0. The minimum Gasteiger partial charge on any atom is -0.456 e. The molecule has 0 amide bonds. The van der Waals surface area contributed by atoms with E-state index in [2.05, 4.69) is 4.98 Å². The van der Waals surface area contributed by atoms with Crippen LogP contribution in [-0.2, 0) is 5.88 Å². The molecule has 0 atom stereocenters. The lowest BCUT2D eigenvalue weighted by atomic mass is 10.2. The summed E-state index contributed by atoms with van der Waals surface area (Å²) >= 11 is 5.75. The minimum atomic E-state index is 0.489. The predicted octanol–water partition coefficient (Wildman–Crippen LogP) is 3.92. The van der Waals surface area contributed by atoms with Gasteiger partial charge in [0.1, 0.15) is 11.5 Å². The average molecular weight is 234 g/mol. The van der Waals surface area contributed by atoms with Gasteiger partial charge in [0, 0.05) is 11.6 Å². The fraction of sp³-hybridized carbons (Fsp3) is 0.154. The number of benzene rings is 1. The monoisotopic (exact) mass is 233 g/mol. The van der Waals surface area contributed by atoms with Crippen LogP contribution in [-0.4, -0.2) is 4.98 Å². The molecule has 0 bridgehead atoms. The first-order valence-corrected chi connectivity index (χ1v) is 5.57. The van der Waals surface area contributed by atoms with Gasteiger partial charge in [-0.15, -0.1) is 11.6 Å². The van der Waals surface area contributed by atoms with E-state index in [0.717, 1.165) is 22.8 Å². The maximum absolute atomic E-state index is 5.75. The highest BCUT2D eigenvalue weighted by molar-refractivity contribution is 6.17. The normalized spacial score (nSPS) is 10.1. The lowest BCUT2D eigenvalue weighted by Gasteiger charge is -2.06. The molecule has 3 heteroatoms. The highest BCUT2D eigenvalue weighted by atomic mass is 35.5. The molecule has 0 N–H and O–H groups in total. The molecular formula is C13H12ClNO. The molecule has 16 heavy (non-hydrogen) atoms. The lowest BCUT2D eigenvalue weighted by Crippen LogP contribution is -1.87. The van der Waals surface area contributed by atoms with Crippen molar-refractivity contribution in [3.05, 3.63) is 53.9 Å². The largest absolute Gasteiger partial charge is 0.456 e. The first-order chi connectivity index (χ1) is 7.78. The smallest absolute Gasteiger partial charge is 0.145 e. The Morgan fingerprint density at radius 1 is 1.19 bits per heavy atom. The molecule has 0 fully saturated rings. The van der Waals surface area contributed by atoms with E-state index < -0.39 is 0 Å². The van der Waals surface area contributed by atoms with Crippen LogP contribution in [0.5, 0.6) is 11.5 Å². The quantitative estimate of drug-likeness (QED) is 0.750. The van der Waals surface area contributed by atoms with Crippen LogP contribution in [0.4, 0.5) is 0 Å². The molecule has 1 heterocycles. The molecular weight excluding hydrogens is 222 g/mol. The standard InChI is InChI=1S/C13H12ClNO/c1-10-5-6-13(9-15-10)16-12-4-2-3-11(7-12)8-14/h2-7,9H,8H2,1H3. The Balaban J connectivity index is 2.16. The molecule has 0 radical (unpaired) electrons. The maximum atomic E-state index is 5.75. The minimum absolute atomic E-state index is 0.489. The Labute approximate surface area is 99.9 Å². The van der Waals surface area contributed by atoms with Gasteiger partial charge < -0.3 is 4.74 Å². The van der Waals surface area contributed by atoms with Crippen LogP contribution < -0.4 is 4.74 Å². The van der Waals surface area contributed by atoms with Crippen molar-refractivity contribution >= 4 is 11.6 Å².